The van der Waals surface area contributed by atoms with Crippen molar-refractivity contribution < 1.29 is 52.8 Å². The van der Waals surface area contributed by atoms with Gasteiger partial charge in [0, 0.05) is 34.6 Å². The van der Waals surface area contributed by atoms with E-state index in [0.29, 0.717) is 85.4 Å². The Bertz CT molecular complexity index is 2280. The van der Waals surface area contributed by atoms with Crippen LogP contribution < -0.4 is 14.5 Å². The van der Waals surface area contributed by atoms with Crippen molar-refractivity contribution in [3.63, 3.8) is 0 Å². The first-order chi connectivity index (χ1) is 32.3. The van der Waals surface area contributed by atoms with Gasteiger partial charge in [0.05, 0.1) is 47.3 Å². The van der Waals surface area contributed by atoms with Crippen LogP contribution in [0.2, 0.25) is 20.1 Å². The number of carbonyl (C=O) groups is 4. The second kappa shape index (κ2) is 28.7. The molecule has 0 saturated carbocycles. The minimum absolute atomic E-state index is 0.00866. The minimum atomic E-state index is -1.20. The first-order valence-electron chi connectivity index (χ1n) is 22.3. The number of methoxy groups -OCH3 is 1. The molecule has 3 aromatic carbocycles. The van der Waals surface area contributed by atoms with E-state index >= 15 is 0 Å². The lowest BCUT2D eigenvalue weighted by Crippen LogP contribution is -2.48. The summed E-state index contributed by atoms with van der Waals surface area (Å²) in [6, 6.07) is 16.6. The number of hydrogen-bond donors (Lipinski definition) is 1. The number of esters is 3. The maximum atomic E-state index is 12.5. The molecule has 68 heavy (non-hydrogen) atoms. The Labute approximate surface area is 423 Å². The maximum absolute atomic E-state index is 12.5. The molecule has 0 amide bonds. The molecule has 0 fully saturated rings. The molecule has 0 aromatic heterocycles. The summed E-state index contributed by atoms with van der Waals surface area (Å²) in [4.78, 5) is 53.4. The zero-order valence-corrected chi connectivity index (χ0v) is 43.7. The molecule has 1 aliphatic carbocycles. The molecule has 372 valence electrons. The van der Waals surface area contributed by atoms with Gasteiger partial charge in [0.2, 0.25) is 0 Å². The van der Waals surface area contributed by atoms with Gasteiger partial charge in [-0.25, -0.2) is 19.4 Å². The van der Waals surface area contributed by atoms with Gasteiger partial charge >= 0.3 is 17.9 Å². The SMILES string of the molecule is CCC/C(=N/OCC)C1=C(O)CC(CC(C)SCC)CC1=O.CCOC(=O)C1=NN(c2ccc(Cl)cc2Cl)C(C)(C(=O)OCC)C1.COC(=O)C(C)Oc1ccc(Oc2ccc(Cl)cc2Cl)cc1. The number of anilines is 1. The van der Waals surface area contributed by atoms with Gasteiger partial charge in [0.25, 0.3) is 0 Å². The molecule has 4 unspecified atom stereocenters. The average molecular weight is 1040 g/mol. The lowest BCUT2D eigenvalue weighted by molar-refractivity contribution is -0.149. The molecular weight excluding hydrogens is 980 g/mol. The number of halogens is 4. The van der Waals surface area contributed by atoms with Crippen LogP contribution in [0, 0.1) is 5.92 Å². The third-order valence-corrected chi connectivity index (χ3v) is 12.2. The van der Waals surface area contributed by atoms with E-state index in [0.717, 1.165) is 18.6 Å². The topological polar surface area (TPSA) is 172 Å². The minimum Gasteiger partial charge on any atom is -0.511 e. The number of nitrogens with zero attached hydrogens (tertiary/aromatic N) is 3. The van der Waals surface area contributed by atoms with Gasteiger partial charge in [-0.3, -0.25) is 4.79 Å². The number of carbonyl (C=O) groups excluding carboxylic acids is 4. The van der Waals surface area contributed by atoms with Crippen molar-refractivity contribution in [2.75, 3.05) is 37.7 Å². The summed E-state index contributed by atoms with van der Waals surface area (Å²) in [5.41, 5.74) is 0.397. The number of ketones is 1. The Morgan fingerprint density at radius 3 is 2.07 bits per heavy atom. The number of Topliss-reactive ketones (excluding diaryl/α,β-unsaturated/α-hetero) is 1. The summed E-state index contributed by atoms with van der Waals surface area (Å²) in [5.74, 6) is 1.64. The molecule has 0 spiro atoms. The van der Waals surface area contributed by atoms with Crippen LogP contribution in [0.1, 0.15) is 93.9 Å². The van der Waals surface area contributed by atoms with E-state index in [4.69, 9.17) is 70.2 Å². The second-order valence-electron chi connectivity index (χ2n) is 15.5. The quantitative estimate of drug-likeness (QED) is 0.0521. The number of benzene rings is 3. The number of thioether (sulfide) groups is 1. The normalized spacial score (nSPS) is 17.6. The molecule has 2 aliphatic rings. The Morgan fingerprint density at radius 2 is 1.51 bits per heavy atom. The van der Waals surface area contributed by atoms with Gasteiger partial charge in [-0.05, 0) is 120 Å². The highest BCUT2D eigenvalue weighted by molar-refractivity contribution is 7.99. The zero-order valence-electron chi connectivity index (χ0n) is 39.9. The smallest absolute Gasteiger partial charge is 0.354 e. The van der Waals surface area contributed by atoms with Gasteiger partial charge < -0.3 is 33.6 Å². The number of hydrogen-bond acceptors (Lipinski definition) is 15. The summed E-state index contributed by atoms with van der Waals surface area (Å²) in [6.07, 6.45) is 2.94. The van der Waals surface area contributed by atoms with Crippen molar-refractivity contribution in [2.24, 2.45) is 16.2 Å². The average Bonchev–Trinajstić information content (AvgIpc) is 3.65. The van der Waals surface area contributed by atoms with Gasteiger partial charge in [-0.2, -0.15) is 16.9 Å². The van der Waals surface area contributed by atoms with Crippen LogP contribution in [0.3, 0.4) is 0 Å². The summed E-state index contributed by atoms with van der Waals surface area (Å²) >= 11 is 25.9. The Kier molecular flexibility index (Phi) is 24.4. The Balaban J connectivity index is 0.000000271. The van der Waals surface area contributed by atoms with Gasteiger partial charge in [-0.15, -0.1) is 0 Å². The van der Waals surface area contributed by atoms with Crippen molar-refractivity contribution in [1.82, 2.24) is 0 Å². The monoisotopic (exact) mass is 1040 g/mol. The van der Waals surface area contributed by atoms with Gasteiger partial charge in [0.1, 0.15) is 35.3 Å². The van der Waals surface area contributed by atoms with Crippen molar-refractivity contribution >= 4 is 99.0 Å². The van der Waals surface area contributed by atoms with E-state index in [2.05, 4.69) is 28.8 Å². The molecule has 1 aliphatic heterocycles. The summed E-state index contributed by atoms with van der Waals surface area (Å²) in [7, 11) is 1.31. The van der Waals surface area contributed by atoms with E-state index in [1.807, 2.05) is 25.6 Å². The third kappa shape index (κ3) is 17.1. The predicted molar refractivity (Wildman–Crippen MR) is 271 cm³/mol. The van der Waals surface area contributed by atoms with Crippen LogP contribution in [0.4, 0.5) is 5.69 Å². The fourth-order valence-corrected chi connectivity index (χ4v) is 8.90. The lowest BCUT2D eigenvalue weighted by Gasteiger charge is -2.32. The molecule has 0 saturated heterocycles. The highest BCUT2D eigenvalue weighted by Crippen LogP contribution is 2.40. The van der Waals surface area contributed by atoms with E-state index in [-0.39, 0.29) is 42.8 Å². The number of oxime groups is 1. The number of aliphatic hydroxyl groups is 1. The molecule has 1 N–H and O–H groups in total. The molecule has 19 heteroatoms. The Morgan fingerprint density at radius 1 is 0.882 bits per heavy atom. The first-order valence-corrected chi connectivity index (χ1v) is 24.8. The van der Waals surface area contributed by atoms with E-state index in [1.165, 1.54) is 12.1 Å². The van der Waals surface area contributed by atoms with Crippen molar-refractivity contribution in [1.29, 1.82) is 0 Å². The fraction of sp³-hybridized carbons (Fsp3) is 0.469. The van der Waals surface area contributed by atoms with E-state index < -0.39 is 29.6 Å². The number of hydrazone groups is 1. The molecular formula is C49H61Cl4N3O11S. The van der Waals surface area contributed by atoms with Crippen molar-refractivity contribution in [3.8, 4) is 17.2 Å². The maximum Gasteiger partial charge on any atom is 0.354 e. The van der Waals surface area contributed by atoms with Crippen LogP contribution >= 0.6 is 58.2 Å². The van der Waals surface area contributed by atoms with Crippen molar-refractivity contribution in [2.45, 2.75) is 111 Å². The van der Waals surface area contributed by atoms with Gasteiger partial charge in [0.15, 0.2) is 17.4 Å². The fourth-order valence-electron chi connectivity index (χ4n) is 6.99. The largest absolute Gasteiger partial charge is 0.511 e. The van der Waals surface area contributed by atoms with Crippen LogP contribution in [-0.4, -0.2) is 89.8 Å². The molecule has 0 bridgehead atoms. The summed E-state index contributed by atoms with van der Waals surface area (Å²) < 4.78 is 25.8. The van der Waals surface area contributed by atoms with Gasteiger partial charge in [-0.1, -0.05) is 78.8 Å². The van der Waals surface area contributed by atoms with Crippen LogP contribution in [0.25, 0.3) is 0 Å². The molecule has 14 nitrogen and oxygen atoms in total. The predicted octanol–water partition coefficient (Wildman–Crippen LogP) is 12.7. The van der Waals surface area contributed by atoms with E-state index in [9.17, 15) is 24.3 Å². The zero-order chi connectivity index (χ0) is 50.6. The van der Waals surface area contributed by atoms with E-state index in [1.54, 1.807) is 88.4 Å². The summed E-state index contributed by atoms with van der Waals surface area (Å²) in [5, 5.41) is 22.3. The molecule has 3 aromatic rings. The number of rotatable bonds is 19. The number of ether oxygens (including phenoxy) is 5. The first kappa shape index (κ1) is 57.6. The standard InChI is InChI=1S/C17H29NO3S.C16H18Cl2N2O4.C16H14Cl2O4/c1-5-8-14(18-21-6-2)17-15(19)10-13(11-16(17)20)9-12(4)22-7-3;1-4-23-14(21)12-9-16(3,15(22)24-5-2)20(19-12)13-7-6-10(17)8-11(13)18;1-10(16(19)20-2)21-12-4-6-13(7-5-12)22-15-8-3-11(17)9-14(15)18/h12-13,19H,5-11H2,1-4H3;6-8H,4-5,9H2,1-3H3;3-10H,1-2H3/b18-14-;;. The molecule has 4 atom stereocenters. The van der Waals surface area contributed by atoms with Crippen LogP contribution in [0.5, 0.6) is 17.2 Å². The lowest BCUT2D eigenvalue weighted by atomic mass is 9.82. The highest BCUT2D eigenvalue weighted by atomic mass is 35.5. The molecule has 1 heterocycles. The highest BCUT2D eigenvalue weighted by Gasteiger charge is 2.49. The van der Waals surface area contributed by atoms with Crippen molar-refractivity contribution in [3.05, 3.63) is 92.1 Å². The number of allylic oxidation sites excluding steroid dienone is 2. The number of aliphatic hydroxyl groups excluding tert-OH is 1. The van der Waals surface area contributed by atoms with Crippen LogP contribution in [0.15, 0.2) is 82.3 Å². The van der Waals surface area contributed by atoms with Crippen LogP contribution in [-0.2, 0) is 38.2 Å². The molecule has 5 rings (SSSR count). The Hall–Kier alpha value is -4.67. The second-order valence-corrected chi connectivity index (χ2v) is 18.9. The summed E-state index contributed by atoms with van der Waals surface area (Å²) in [6.45, 7) is 15.8. The third-order valence-electron chi connectivity index (χ3n) is 10.1. The molecule has 0 radical (unpaired) electrons.